The molecule has 3 rings (SSSR count). The van der Waals surface area contributed by atoms with Crippen LogP contribution in [0.3, 0.4) is 0 Å². The van der Waals surface area contributed by atoms with Gasteiger partial charge in [-0.3, -0.25) is 9.10 Å². The zero-order valence-electron chi connectivity index (χ0n) is 17.4. The van der Waals surface area contributed by atoms with Crippen LogP contribution < -0.4 is 9.62 Å². The molecule has 5 nitrogen and oxygen atoms in total. The van der Waals surface area contributed by atoms with Crippen molar-refractivity contribution in [2.45, 2.75) is 31.2 Å². The molecule has 0 aliphatic heterocycles. The van der Waals surface area contributed by atoms with E-state index in [4.69, 9.17) is 0 Å². The predicted molar refractivity (Wildman–Crippen MR) is 120 cm³/mol. The molecular formula is C24H26N2O3S. The van der Waals surface area contributed by atoms with Crippen molar-refractivity contribution in [3.63, 3.8) is 0 Å². The number of sulfonamides is 1. The monoisotopic (exact) mass is 422 g/mol. The summed E-state index contributed by atoms with van der Waals surface area (Å²) in [7, 11) is -2.23. The molecule has 30 heavy (non-hydrogen) atoms. The van der Waals surface area contributed by atoms with E-state index in [-0.39, 0.29) is 16.8 Å². The molecule has 0 fully saturated rings. The van der Waals surface area contributed by atoms with Gasteiger partial charge in [-0.1, -0.05) is 61.0 Å². The van der Waals surface area contributed by atoms with Gasteiger partial charge in [0.15, 0.2) is 0 Å². The summed E-state index contributed by atoms with van der Waals surface area (Å²) < 4.78 is 27.1. The molecule has 0 radical (unpaired) electrons. The Bertz CT molecular complexity index is 1110. The standard InChI is InChI=1S/C24H26N2O3S/c1-4-23(19-9-6-5-7-10-19)25-24(27)20-11-8-12-21(17-20)26(3)30(28,29)22-15-13-18(2)14-16-22/h5-17,23H,4H2,1-3H3,(H,25,27)/t23-/m0/s1. The Morgan fingerprint density at radius 2 is 1.63 bits per heavy atom. The van der Waals surface area contributed by atoms with Gasteiger partial charge in [-0.15, -0.1) is 0 Å². The number of hydrogen-bond donors (Lipinski definition) is 1. The average molecular weight is 423 g/mol. The Hall–Kier alpha value is -3.12. The van der Waals surface area contributed by atoms with Crippen LogP contribution in [0.2, 0.25) is 0 Å². The predicted octanol–water partition coefficient (Wildman–Crippen LogP) is 4.70. The van der Waals surface area contributed by atoms with Crippen LogP contribution in [0.5, 0.6) is 0 Å². The van der Waals surface area contributed by atoms with Crippen molar-refractivity contribution < 1.29 is 13.2 Å². The van der Waals surface area contributed by atoms with Crippen molar-refractivity contribution in [1.82, 2.24) is 5.32 Å². The van der Waals surface area contributed by atoms with Crippen molar-refractivity contribution in [1.29, 1.82) is 0 Å². The first-order valence-electron chi connectivity index (χ1n) is 9.84. The van der Waals surface area contributed by atoms with Gasteiger partial charge in [0.05, 0.1) is 16.6 Å². The van der Waals surface area contributed by atoms with Crippen LogP contribution in [0.1, 0.15) is 40.9 Å². The van der Waals surface area contributed by atoms with Gasteiger partial charge in [0.1, 0.15) is 0 Å². The third-order valence-corrected chi connectivity index (χ3v) is 6.87. The van der Waals surface area contributed by atoms with E-state index in [9.17, 15) is 13.2 Å². The van der Waals surface area contributed by atoms with E-state index in [0.717, 1.165) is 17.5 Å². The first kappa shape index (κ1) is 21.6. The smallest absolute Gasteiger partial charge is 0.264 e. The number of nitrogens with zero attached hydrogens (tertiary/aromatic N) is 1. The number of benzene rings is 3. The summed E-state index contributed by atoms with van der Waals surface area (Å²) in [6.07, 6.45) is 0.747. The van der Waals surface area contributed by atoms with Gasteiger partial charge in [-0.2, -0.15) is 0 Å². The molecule has 0 bridgehead atoms. The number of rotatable bonds is 7. The fourth-order valence-corrected chi connectivity index (χ4v) is 4.39. The lowest BCUT2D eigenvalue weighted by atomic mass is 10.0. The lowest BCUT2D eigenvalue weighted by molar-refractivity contribution is 0.0935. The molecule has 0 unspecified atom stereocenters. The third-order valence-electron chi connectivity index (χ3n) is 5.07. The first-order valence-corrected chi connectivity index (χ1v) is 11.3. The van der Waals surface area contributed by atoms with E-state index in [1.807, 2.05) is 44.2 Å². The number of nitrogens with one attached hydrogen (secondary N) is 1. The molecule has 0 aliphatic carbocycles. The Labute approximate surface area is 178 Å². The minimum Gasteiger partial charge on any atom is -0.345 e. The molecule has 1 N–H and O–H groups in total. The van der Waals surface area contributed by atoms with Gasteiger partial charge in [-0.25, -0.2) is 8.42 Å². The van der Waals surface area contributed by atoms with E-state index in [2.05, 4.69) is 5.32 Å². The highest BCUT2D eigenvalue weighted by atomic mass is 32.2. The van der Waals surface area contributed by atoms with Gasteiger partial charge in [-0.05, 0) is 49.2 Å². The lowest BCUT2D eigenvalue weighted by Gasteiger charge is -2.21. The second-order valence-electron chi connectivity index (χ2n) is 7.18. The summed E-state index contributed by atoms with van der Waals surface area (Å²) in [6, 6.07) is 23.0. The zero-order valence-corrected chi connectivity index (χ0v) is 18.2. The Morgan fingerprint density at radius 3 is 2.27 bits per heavy atom. The van der Waals surface area contributed by atoms with Crippen LogP contribution in [0.4, 0.5) is 5.69 Å². The maximum absolute atomic E-state index is 13.0. The normalized spacial score (nSPS) is 12.2. The molecule has 1 amide bonds. The van der Waals surface area contributed by atoms with Crippen LogP contribution in [0.25, 0.3) is 0 Å². The Morgan fingerprint density at radius 1 is 0.967 bits per heavy atom. The van der Waals surface area contributed by atoms with Crippen molar-refractivity contribution in [2.24, 2.45) is 0 Å². The molecule has 0 aliphatic rings. The minimum atomic E-state index is -3.72. The summed E-state index contributed by atoms with van der Waals surface area (Å²) in [5.41, 5.74) is 2.85. The molecule has 0 aromatic heterocycles. The quantitative estimate of drug-likeness (QED) is 0.600. The molecule has 3 aromatic carbocycles. The van der Waals surface area contributed by atoms with Crippen molar-refractivity contribution in [3.8, 4) is 0 Å². The highest BCUT2D eigenvalue weighted by Gasteiger charge is 2.22. The van der Waals surface area contributed by atoms with Crippen LogP contribution in [-0.4, -0.2) is 21.4 Å². The summed E-state index contributed by atoms with van der Waals surface area (Å²) in [5, 5.41) is 3.04. The Balaban J connectivity index is 1.83. The minimum absolute atomic E-state index is 0.114. The van der Waals surface area contributed by atoms with E-state index < -0.39 is 10.0 Å². The molecule has 156 valence electrons. The summed E-state index contributed by atoms with van der Waals surface area (Å²) >= 11 is 0. The van der Waals surface area contributed by atoms with E-state index in [0.29, 0.717) is 11.3 Å². The SMILES string of the molecule is CC[C@H](NC(=O)c1cccc(N(C)S(=O)(=O)c2ccc(C)cc2)c1)c1ccccc1. The lowest BCUT2D eigenvalue weighted by Crippen LogP contribution is -2.29. The van der Waals surface area contributed by atoms with Gasteiger partial charge in [0.2, 0.25) is 0 Å². The van der Waals surface area contributed by atoms with E-state index in [1.54, 1.807) is 48.5 Å². The highest BCUT2D eigenvalue weighted by Crippen LogP contribution is 2.24. The van der Waals surface area contributed by atoms with Crippen LogP contribution in [-0.2, 0) is 10.0 Å². The van der Waals surface area contributed by atoms with Crippen LogP contribution >= 0.6 is 0 Å². The molecular weight excluding hydrogens is 396 g/mol. The summed E-state index contributed by atoms with van der Waals surface area (Å²) in [4.78, 5) is 13.0. The number of carbonyl (C=O) groups excluding carboxylic acids is 1. The molecule has 0 heterocycles. The van der Waals surface area contributed by atoms with Gasteiger partial charge in [0, 0.05) is 12.6 Å². The zero-order chi connectivity index (χ0) is 21.7. The molecule has 0 saturated carbocycles. The van der Waals surface area contributed by atoms with E-state index in [1.165, 1.54) is 11.4 Å². The van der Waals surface area contributed by atoms with Crippen molar-refractivity contribution in [2.75, 3.05) is 11.4 Å². The first-order chi connectivity index (χ1) is 14.3. The second-order valence-corrected chi connectivity index (χ2v) is 9.15. The maximum atomic E-state index is 13.0. The number of anilines is 1. The van der Waals surface area contributed by atoms with Crippen molar-refractivity contribution in [3.05, 3.63) is 95.6 Å². The number of hydrogen-bond acceptors (Lipinski definition) is 3. The molecule has 3 aromatic rings. The third kappa shape index (κ3) is 4.71. The topological polar surface area (TPSA) is 66.5 Å². The van der Waals surface area contributed by atoms with Gasteiger partial charge < -0.3 is 5.32 Å². The highest BCUT2D eigenvalue weighted by molar-refractivity contribution is 7.92. The molecule has 0 saturated heterocycles. The summed E-state index contributed by atoms with van der Waals surface area (Å²) in [6.45, 7) is 3.91. The van der Waals surface area contributed by atoms with Crippen LogP contribution in [0.15, 0.2) is 83.8 Å². The summed E-state index contributed by atoms with van der Waals surface area (Å²) in [5.74, 6) is -0.242. The molecule has 0 spiro atoms. The second kappa shape index (κ2) is 9.13. The largest absolute Gasteiger partial charge is 0.345 e. The van der Waals surface area contributed by atoms with E-state index >= 15 is 0 Å². The Kier molecular flexibility index (Phi) is 6.57. The number of carbonyl (C=O) groups is 1. The van der Waals surface area contributed by atoms with Crippen LogP contribution in [0, 0.1) is 6.92 Å². The van der Waals surface area contributed by atoms with Gasteiger partial charge in [0.25, 0.3) is 15.9 Å². The van der Waals surface area contributed by atoms with Crippen molar-refractivity contribution >= 4 is 21.6 Å². The average Bonchev–Trinajstić information content (AvgIpc) is 2.77. The fraction of sp³-hybridized carbons (Fsp3) is 0.208. The van der Waals surface area contributed by atoms with Gasteiger partial charge >= 0.3 is 0 Å². The molecule has 1 atom stereocenters. The number of aryl methyl sites for hydroxylation is 1. The number of amides is 1. The maximum Gasteiger partial charge on any atom is 0.264 e. The fourth-order valence-electron chi connectivity index (χ4n) is 3.20. The molecule has 6 heteroatoms.